The average Bonchev–Trinajstić information content (AvgIpc) is 2.53. The summed E-state index contributed by atoms with van der Waals surface area (Å²) < 4.78 is 0. The molecule has 4 atom stereocenters. The van der Waals surface area contributed by atoms with Crippen molar-refractivity contribution < 1.29 is 29.4 Å². The van der Waals surface area contributed by atoms with Gasteiger partial charge in [-0.15, -0.1) is 0 Å². The molecule has 0 bridgehead atoms. The van der Waals surface area contributed by atoms with Gasteiger partial charge in [-0.2, -0.15) is 0 Å². The zero-order valence-electron chi connectivity index (χ0n) is 9.70. The molecule has 2 fully saturated rings. The van der Waals surface area contributed by atoms with Gasteiger partial charge in [0.2, 0.25) is 11.8 Å². The van der Waals surface area contributed by atoms with E-state index >= 15 is 0 Å². The Hall–Kier alpha value is -1.92. The molecule has 1 heterocycles. The van der Waals surface area contributed by atoms with Gasteiger partial charge in [0.05, 0.1) is 23.7 Å². The minimum atomic E-state index is -1.15. The van der Waals surface area contributed by atoms with Crippen LogP contribution in [0, 0.1) is 23.7 Å². The maximum atomic E-state index is 11.9. The molecule has 0 aromatic rings. The number of fused-ring (bicyclic) bond motifs is 1. The maximum absolute atomic E-state index is 11.9. The van der Waals surface area contributed by atoms with Gasteiger partial charge in [0.1, 0.15) is 0 Å². The highest BCUT2D eigenvalue weighted by Crippen LogP contribution is 2.44. The molecule has 98 valence electrons. The van der Waals surface area contributed by atoms with Crippen LogP contribution in [-0.4, -0.2) is 45.9 Å². The highest BCUT2D eigenvalue weighted by atomic mass is 16.4. The van der Waals surface area contributed by atoms with Crippen LogP contribution in [0.1, 0.15) is 12.8 Å². The fourth-order valence-corrected chi connectivity index (χ4v) is 2.98. The quantitative estimate of drug-likeness (QED) is 0.638. The van der Waals surface area contributed by atoms with Gasteiger partial charge in [0, 0.05) is 7.05 Å². The Morgan fingerprint density at radius 1 is 1.00 bits per heavy atom. The normalized spacial score (nSPS) is 35.5. The Kier molecular flexibility index (Phi) is 2.84. The monoisotopic (exact) mass is 255 g/mol. The smallest absolute Gasteiger partial charge is 0.307 e. The summed E-state index contributed by atoms with van der Waals surface area (Å²) >= 11 is 0. The number of carbonyl (C=O) groups excluding carboxylic acids is 2. The molecule has 2 N–H and O–H groups in total. The maximum Gasteiger partial charge on any atom is 0.307 e. The second-order valence-electron chi connectivity index (χ2n) is 4.75. The molecule has 1 saturated heterocycles. The van der Waals surface area contributed by atoms with E-state index in [0.29, 0.717) is 0 Å². The number of carboxylic acids is 2. The summed E-state index contributed by atoms with van der Waals surface area (Å²) in [7, 11) is 1.26. The van der Waals surface area contributed by atoms with Crippen molar-refractivity contribution in [1.29, 1.82) is 0 Å². The third-order valence-electron chi connectivity index (χ3n) is 3.91. The van der Waals surface area contributed by atoms with Crippen molar-refractivity contribution in [2.75, 3.05) is 7.05 Å². The number of rotatable bonds is 2. The standard InChI is InChI=1S/C11H13NO6/c1-12-8(13)6-4(10(15)16)2-3-5(11(17)18)7(6)9(12)14/h4-7H,2-3H2,1H3,(H,15,16)(H,17,18). The Bertz CT molecular complexity index is 405. The molecule has 0 spiro atoms. The lowest BCUT2D eigenvalue weighted by Crippen LogP contribution is -2.42. The van der Waals surface area contributed by atoms with Gasteiger partial charge in [-0.25, -0.2) is 0 Å². The highest BCUT2D eigenvalue weighted by Gasteiger charge is 2.58. The molecule has 0 radical (unpaired) electrons. The molecule has 18 heavy (non-hydrogen) atoms. The van der Waals surface area contributed by atoms with Crippen LogP contribution in [0.3, 0.4) is 0 Å². The van der Waals surface area contributed by atoms with Crippen molar-refractivity contribution in [3.8, 4) is 0 Å². The largest absolute Gasteiger partial charge is 0.481 e. The number of imide groups is 1. The molecule has 7 nitrogen and oxygen atoms in total. The third-order valence-corrected chi connectivity index (χ3v) is 3.91. The summed E-state index contributed by atoms with van der Waals surface area (Å²) in [4.78, 5) is 46.8. The van der Waals surface area contributed by atoms with Crippen LogP contribution < -0.4 is 0 Å². The lowest BCUT2D eigenvalue weighted by Gasteiger charge is -2.31. The lowest BCUT2D eigenvalue weighted by atomic mass is 9.67. The first-order valence-corrected chi connectivity index (χ1v) is 5.63. The molecular formula is C11H13NO6. The molecule has 0 aromatic carbocycles. The Balaban J connectivity index is 2.42. The molecule has 0 aromatic heterocycles. The number of carboxylic acid groups (broad SMARTS) is 2. The number of nitrogens with zero attached hydrogens (tertiary/aromatic N) is 1. The first-order chi connectivity index (χ1) is 8.36. The SMILES string of the molecule is CN1C(=O)C2C(C(=O)O)CCC(C(=O)O)C2C1=O. The van der Waals surface area contributed by atoms with E-state index in [9.17, 15) is 19.2 Å². The van der Waals surface area contributed by atoms with Crippen LogP contribution in [-0.2, 0) is 19.2 Å². The van der Waals surface area contributed by atoms with E-state index < -0.39 is 47.4 Å². The van der Waals surface area contributed by atoms with Crippen LogP contribution >= 0.6 is 0 Å². The Labute approximate surface area is 102 Å². The van der Waals surface area contributed by atoms with Crippen molar-refractivity contribution in [1.82, 2.24) is 4.90 Å². The molecule has 1 aliphatic heterocycles. The Morgan fingerprint density at radius 3 is 1.61 bits per heavy atom. The van der Waals surface area contributed by atoms with Gasteiger partial charge in [0.15, 0.2) is 0 Å². The van der Waals surface area contributed by atoms with E-state index in [1.807, 2.05) is 0 Å². The van der Waals surface area contributed by atoms with Crippen LogP contribution in [0.5, 0.6) is 0 Å². The van der Waals surface area contributed by atoms with E-state index in [2.05, 4.69) is 0 Å². The number of hydrogen-bond donors (Lipinski definition) is 2. The predicted molar refractivity (Wildman–Crippen MR) is 56.2 cm³/mol. The number of hydrogen-bond acceptors (Lipinski definition) is 4. The minimum Gasteiger partial charge on any atom is -0.481 e. The highest BCUT2D eigenvalue weighted by molar-refractivity contribution is 6.07. The van der Waals surface area contributed by atoms with Gasteiger partial charge in [-0.3, -0.25) is 24.1 Å². The minimum absolute atomic E-state index is 0.111. The van der Waals surface area contributed by atoms with E-state index in [1.54, 1.807) is 0 Å². The van der Waals surface area contributed by atoms with Crippen LogP contribution in [0.15, 0.2) is 0 Å². The summed E-state index contributed by atoms with van der Waals surface area (Å²) in [6.07, 6.45) is 0.223. The molecule has 1 saturated carbocycles. The molecular weight excluding hydrogens is 242 g/mol. The summed E-state index contributed by atoms with van der Waals surface area (Å²) in [5.41, 5.74) is 0. The molecule has 2 aliphatic rings. The van der Waals surface area contributed by atoms with Gasteiger partial charge in [-0.1, -0.05) is 0 Å². The zero-order chi connectivity index (χ0) is 13.6. The third kappa shape index (κ3) is 1.58. The topological polar surface area (TPSA) is 112 Å². The van der Waals surface area contributed by atoms with Crippen LogP contribution in [0.25, 0.3) is 0 Å². The fourth-order valence-electron chi connectivity index (χ4n) is 2.98. The van der Waals surface area contributed by atoms with Crippen molar-refractivity contribution >= 4 is 23.8 Å². The van der Waals surface area contributed by atoms with Gasteiger partial charge in [-0.05, 0) is 12.8 Å². The lowest BCUT2D eigenvalue weighted by molar-refractivity contribution is -0.157. The fraction of sp³-hybridized carbons (Fsp3) is 0.636. The van der Waals surface area contributed by atoms with Crippen molar-refractivity contribution in [2.24, 2.45) is 23.7 Å². The Morgan fingerprint density at radius 2 is 1.33 bits per heavy atom. The first-order valence-electron chi connectivity index (χ1n) is 5.63. The van der Waals surface area contributed by atoms with Gasteiger partial charge in [0.25, 0.3) is 0 Å². The van der Waals surface area contributed by atoms with Crippen molar-refractivity contribution in [3.05, 3.63) is 0 Å². The second-order valence-corrected chi connectivity index (χ2v) is 4.75. The van der Waals surface area contributed by atoms with E-state index in [1.165, 1.54) is 7.05 Å². The molecule has 2 amide bonds. The molecule has 7 heteroatoms. The summed E-state index contributed by atoms with van der Waals surface area (Å²) in [5.74, 6) is -7.45. The summed E-state index contributed by atoms with van der Waals surface area (Å²) in [6, 6.07) is 0. The molecule has 4 unspecified atom stereocenters. The van der Waals surface area contributed by atoms with Gasteiger partial charge >= 0.3 is 11.9 Å². The van der Waals surface area contributed by atoms with E-state index in [0.717, 1.165) is 4.90 Å². The molecule has 1 aliphatic carbocycles. The number of carbonyl (C=O) groups is 4. The predicted octanol–water partition coefficient (Wildman–Crippen LogP) is -0.587. The summed E-state index contributed by atoms with van der Waals surface area (Å²) in [5, 5.41) is 18.1. The molecule has 2 rings (SSSR count). The van der Waals surface area contributed by atoms with Crippen LogP contribution in [0.2, 0.25) is 0 Å². The number of aliphatic carboxylic acids is 2. The van der Waals surface area contributed by atoms with Crippen molar-refractivity contribution in [3.63, 3.8) is 0 Å². The van der Waals surface area contributed by atoms with Crippen molar-refractivity contribution in [2.45, 2.75) is 12.8 Å². The second kappa shape index (κ2) is 4.08. The first kappa shape index (κ1) is 12.5. The summed E-state index contributed by atoms with van der Waals surface area (Å²) in [6.45, 7) is 0. The number of likely N-dealkylation sites (tertiary alicyclic amines) is 1. The van der Waals surface area contributed by atoms with E-state index in [-0.39, 0.29) is 12.8 Å². The average molecular weight is 255 g/mol. The van der Waals surface area contributed by atoms with E-state index in [4.69, 9.17) is 10.2 Å². The number of amides is 2. The zero-order valence-corrected chi connectivity index (χ0v) is 9.70. The van der Waals surface area contributed by atoms with Gasteiger partial charge < -0.3 is 10.2 Å². The van der Waals surface area contributed by atoms with Crippen LogP contribution in [0.4, 0.5) is 0 Å².